The largest absolute Gasteiger partial charge is 0.478 e. The fourth-order valence-corrected chi connectivity index (χ4v) is 2.07. The van der Waals surface area contributed by atoms with Gasteiger partial charge < -0.3 is 5.11 Å². The SMILES string of the molecule is C.O=C(O)c1c2ccccc2nc2ccccc12. The van der Waals surface area contributed by atoms with Crippen molar-refractivity contribution in [2.45, 2.75) is 7.43 Å². The third kappa shape index (κ3) is 1.70. The number of para-hydroxylation sites is 2. The molecule has 0 amide bonds. The maximum atomic E-state index is 11.4. The van der Waals surface area contributed by atoms with E-state index in [1.807, 2.05) is 36.4 Å². The zero-order valence-electron chi connectivity index (χ0n) is 8.92. The Morgan fingerprint density at radius 3 is 1.78 bits per heavy atom. The molecule has 0 aliphatic rings. The first-order chi connectivity index (χ1) is 8.27. The van der Waals surface area contributed by atoms with Crippen LogP contribution >= 0.6 is 0 Å². The number of pyridine rings is 1. The molecule has 0 unspecified atom stereocenters. The van der Waals surface area contributed by atoms with Gasteiger partial charge in [-0.15, -0.1) is 0 Å². The molecule has 3 rings (SSSR count). The molecule has 3 nitrogen and oxygen atoms in total. The van der Waals surface area contributed by atoms with Gasteiger partial charge in [0.05, 0.1) is 16.6 Å². The minimum Gasteiger partial charge on any atom is -0.478 e. The van der Waals surface area contributed by atoms with E-state index in [1.165, 1.54) is 0 Å². The molecule has 1 aromatic heterocycles. The fraction of sp³-hybridized carbons (Fsp3) is 0.0667. The highest BCUT2D eigenvalue weighted by Gasteiger charge is 2.13. The van der Waals surface area contributed by atoms with Gasteiger partial charge in [-0.1, -0.05) is 43.8 Å². The second-order valence-electron chi connectivity index (χ2n) is 3.83. The van der Waals surface area contributed by atoms with E-state index in [1.54, 1.807) is 12.1 Å². The number of aromatic nitrogens is 1. The van der Waals surface area contributed by atoms with E-state index >= 15 is 0 Å². The van der Waals surface area contributed by atoms with Crippen molar-refractivity contribution < 1.29 is 9.90 Å². The number of benzene rings is 2. The fourth-order valence-electron chi connectivity index (χ4n) is 2.07. The van der Waals surface area contributed by atoms with Crippen LogP contribution in [0.15, 0.2) is 48.5 Å². The summed E-state index contributed by atoms with van der Waals surface area (Å²) in [5.74, 6) is -0.917. The molecule has 0 spiro atoms. The van der Waals surface area contributed by atoms with Crippen LogP contribution in [0.1, 0.15) is 17.8 Å². The molecular weight excluding hydrogens is 226 g/mol. The first-order valence-electron chi connectivity index (χ1n) is 5.28. The molecule has 0 aliphatic carbocycles. The van der Waals surface area contributed by atoms with Crippen molar-refractivity contribution in [3.05, 3.63) is 54.1 Å². The van der Waals surface area contributed by atoms with E-state index in [0.717, 1.165) is 0 Å². The van der Waals surface area contributed by atoms with Crippen molar-refractivity contribution in [1.29, 1.82) is 0 Å². The number of carbonyl (C=O) groups is 1. The van der Waals surface area contributed by atoms with Gasteiger partial charge in [0.1, 0.15) is 0 Å². The summed E-state index contributed by atoms with van der Waals surface area (Å²) < 4.78 is 0. The molecule has 3 heteroatoms. The van der Waals surface area contributed by atoms with Gasteiger partial charge in [-0.3, -0.25) is 0 Å². The predicted molar refractivity (Wildman–Crippen MR) is 72.9 cm³/mol. The summed E-state index contributed by atoms with van der Waals surface area (Å²) in [5.41, 5.74) is 1.75. The van der Waals surface area contributed by atoms with E-state index in [4.69, 9.17) is 0 Å². The van der Waals surface area contributed by atoms with Gasteiger partial charge in [0.2, 0.25) is 0 Å². The second kappa shape index (κ2) is 4.45. The van der Waals surface area contributed by atoms with Crippen molar-refractivity contribution in [1.82, 2.24) is 4.98 Å². The first kappa shape index (κ1) is 12.0. The highest BCUT2D eigenvalue weighted by Crippen LogP contribution is 2.25. The highest BCUT2D eigenvalue weighted by molar-refractivity contribution is 6.13. The monoisotopic (exact) mass is 239 g/mol. The summed E-state index contributed by atoms with van der Waals surface area (Å²) in [5, 5.41) is 10.7. The van der Waals surface area contributed by atoms with E-state index in [2.05, 4.69) is 4.98 Å². The maximum Gasteiger partial charge on any atom is 0.337 e. The van der Waals surface area contributed by atoms with Crippen LogP contribution in [0, 0.1) is 0 Å². The van der Waals surface area contributed by atoms with E-state index in [-0.39, 0.29) is 7.43 Å². The van der Waals surface area contributed by atoms with Crippen molar-refractivity contribution in [2.75, 3.05) is 0 Å². The molecule has 1 heterocycles. The number of hydrogen-bond donors (Lipinski definition) is 1. The van der Waals surface area contributed by atoms with Crippen molar-refractivity contribution in [3.8, 4) is 0 Å². The molecule has 1 N–H and O–H groups in total. The highest BCUT2D eigenvalue weighted by atomic mass is 16.4. The average Bonchev–Trinajstić information content (AvgIpc) is 2.35. The van der Waals surface area contributed by atoms with Crippen LogP contribution in [0.4, 0.5) is 0 Å². The minimum absolute atomic E-state index is 0. The first-order valence-corrected chi connectivity index (χ1v) is 5.28. The van der Waals surface area contributed by atoms with Crippen LogP contribution in [-0.4, -0.2) is 16.1 Å². The summed E-state index contributed by atoms with van der Waals surface area (Å²) in [6, 6.07) is 14.6. The lowest BCUT2D eigenvalue weighted by Gasteiger charge is -2.06. The van der Waals surface area contributed by atoms with Crippen LogP contribution in [0.2, 0.25) is 0 Å². The van der Waals surface area contributed by atoms with E-state index < -0.39 is 5.97 Å². The number of carboxylic acids is 1. The van der Waals surface area contributed by atoms with Gasteiger partial charge in [0.25, 0.3) is 0 Å². The molecule has 0 fully saturated rings. The van der Waals surface area contributed by atoms with Gasteiger partial charge >= 0.3 is 5.97 Å². The Kier molecular flexibility index (Phi) is 2.98. The van der Waals surface area contributed by atoms with Gasteiger partial charge in [0.15, 0.2) is 0 Å². The summed E-state index contributed by atoms with van der Waals surface area (Å²) in [7, 11) is 0. The normalized spacial score (nSPS) is 10.2. The Balaban J connectivity index is 0.00000120. The van der Waals surface area contributed by atoms with Crippen molar-refractivity contribution in [2.24, 2.45) is 0 Å². The molecule has 0 saturated carbocycles. The molecule has 0 radical (unpaired) electrons. The van der Waals surface area contributed by atoms with Crippen LogP contribution in [-0.2, 0) is 0 Å². The lowest BCUT2D eigenvalue weighted by molar-refractivity contribution is 0.0701. The molecule has 0 atom stereocenters. The number of hydrogen-bond acceptors (Lipinski definition) is 2. The maximum absolute atomic E-state index is 11.4. The Bertz CT molecular complexity index is 681. The molecular formula is C15H13NO2. The molecule has 0 bridgehead atoms. The summed E-state index contributed by atoms with van der Waals surface area (Å²) in [6.07, 6.45) is 0. The lowest BCUT2D eigenvalue weighted by Crippen LogP contribution is -2.00. The van der Waals surface area contributed by atoms with E-state index in [0.29, 0.717) is 27.4 Å². The number of rotatable bonds is 1. The summed E-state index contributed by atoms with van der Waals surface area (Å²) in [6.45, 7) is 0. The Morgan fingerprint density at radius 1 is 0.889 bits per heavy atom. The molecule has 2 aromatic carbocycles. The average molecular weight is 239 g/mol. The van der Waals surface area contributed by atoms with Crippen LogP contribution < -0.4 is 0 Å². The van der Waals surface area contributed by atoms with Crippen LogP contribution in [0.5, 0.6) is 0 Å². The summed E-state index contributed by atoms with van der Waals surface area (Å²) >= 11 is 0. The van der Waals surface area contributed by atoms with Gasteiger partial charge in [0, 0.05) is 10.8 Å². The molecule has 0 aliphatic heterocycles. The van der Waals surface area contributed by atoms with Crippen molar-refractivity contribution >= 4 is 27.8 Å². The zero-order chi connectivity index (χ0) is 11.8. The predicted octanol–water partition coefficient (Wildman–Crippen LogP) is 3.72. The quantitative estimate of drug-likeness (QED) is 0.658. The topological polar surface area (TPSA) is 50.2 Å². The molecule has 0 saturated heterocycles. The van der Waals surface area contributed by atoms with Gasteiger partial charge in [-0.05, 0) is 12.1 Å². The standard InChI is InChI=1S/C14H9NO2.CH4/c16-14(17)13-9-5-1-3-7-11(9)15-12-8-4-2-6-10(12)13;/h1-8H,(H,16,17);1H4. The van der Waals surface area contributed by atoms with Crippen LogP contribution in [0.25, 0.3) is 21.8 Å². The Labute approximate surface area is 105 Å². The summed E-state index contributed by atoms with van der Waals surface area (Å²) in [4.78, 5) is 15.9. The molecule has 3 aromatic rings. The Hall–Kier alpha value is -2.42. The zero-order valence-corrected chi connectivity index (χ0v) is 8.92. The van der Waals surface area contributed by atoms with Crippen molar-refractivity contribution in [3.63, 3.8) is 0 Å². The minimum atomic E-state index is -0.917. The number of aromatic carboxylic acids is 1. The number of fused-ring (bicyclic) bond motifs is 2. The Morgan fingerprint density at radius 2 is 1.33 bits per heavy atom. The van der Waals surface area contributed by atoms with Gasteiger partial charge in [-0.25, -0.2) is 9.78 Å². The number of nitrogens with zero attached hydrogens (tertiary/aromatic N) is 1. The van der Waals surface area contributed by atoms with Crippen LogP contribution in [0.3, 0.4) is 0 Å². The smallest absolute Gasteiger partial charge is 0.337 e. The lowest BCUT2D eigenvalue weighted by atomic mass is 10.0. The second-order valence-corrected chi connectivity index (χ2v) is 3.83. The molecule has 90 valence electrons. The number of carboxylic acid groups (broad SMARTS) is 1. The van der Waals surface area contributed by atoms with Gasteiger partial charge in [-0.2, -0.15) is 0 Å². The third-order valence-electron chi connectivity index (χ3n) is 2.80. The third-order valence-corrected chi connectivity index (χ3v) is 2.80. The van der Waals surface area contributed by atoms with E-state index in [9.17, 15) is 9.90 Å². The molecule has 18 heavy (non-hydrogen) atoms.